The molecule has 0 aromatic heterocycles. The molecule has 1 aromatic rings. The molecule has 0 aliphatic rings. The summed E-state index contributed by atoms with van der Waals surface area (Å²) in [6.07, 6.45) is 0. The predicted octanol–water partition coefficient (Wildman–Crippen LogP) is 0.300. The second-order valence-corrected chi connectivity index (χ2v) is 3.92. The number of nitrogens with two attached hydrogens (primary N) is 1. The fourth-order valence-electron chi connectivity index (χ4n) is 1.51. The summed E-state index contributed by atoms with van der Waals surface area (Å²) >= 11 is 0. The molecule has 0 atom stereocenters. The summed E-state index contributed by atoms with van der Waals surface area (Å²) in [5, 5.41) is 8.69. The first-order chi connectivity index (χ1) is 9.79. The molecule has 0 fully saturated rings. The Balaban J connectivity index is 2.87. The number of nitrogens with zero attached hydrogens (tertiary/aromatic N) is 1. The average molecular weight is 302 g/mol. The maximum absolute atomic E-state index is 12.0. The Bertz CT molecular complexity index is 517. The quantitative estimate of drug-likeness (QED) is 0.752. The first kappa shape index (κ1) is 16.3. The van der Waals surface area contributed by atoms with E-state index in [4.69, 9.17) is 10.8 Å². The van der Waals surface area contributed by atoms with E-state index in [1.165, 1.54) is 12.1 Å². The monoisotopic (exact) mass is 302 g/mol. The van der Waals surface area contributed by atoms with Gasteiger partial charge in [-0.25, -0.2) is 0 Å². The Kier molecular flexibility index (Phi) is 5.58. The van der Waals surface area contributed by atoms with Crippen molar-refractivity contribution in [2.24, 2.45) is 5.73 Å². The first-order valence-electron chi connectivity index (χ1n) is 5.64. The molecule has 21 heavy (non-hydrogen) atoms. The van der Waals surface area contributed by atoms with E-state index in [0.717, 1.165) is 17.0 Å². The number of hydrogen-bond donors (Lipinski definition) is 2. The summed E-state index contributed by atoms with van der Waals surface area (Å²) in [6.45, 7) is -4.28. The number of aliphatic carboxylic acids is 1. The van der Waals surface area contributed by atoms with Crippen LogP contribution in [0.3, 0.4) is 0 Å². The first-order valence-corrected chi connectivity index (χ1v) is 5.64. The lowest BCUT2D eigenvalue weighted by Crippen LogP contribution is -2.41. The molecule has 0 saturated heterocycles. The number of carboxylic acid groups (broad SMARTS) is 1. The van der Waals surface area contributed by atoms with Crippen molar-refractivity contribution in [1.29, 1.82) is 0 Å². The maximum atomic E-state index is 12.0. The van der Waals surface area contributed by atoms with Crippen LogP contribution in [0.2, 0.25) is 0 Å². The fraction of sp³-hybridized carbons (Fsp3) is 0.250. The summed E-state index contributed by atoms with van der Waals surface area (Å²) in [5.74, 6) is -3.11. The van der Waals surface area contributed by atoms with E-state index in [-0.39, 0.29) is 11.3 Å². The second kappa shape index (κ2) is 7.17. The number of carboxylic acids is 1. The van der Waals surface area contributed by atoms with Crippen molar-refractivity contribution in [3.8, 4) is 5.75 Å². The van der Waals surface area contributed by atoms with Crippen LogP contribution in [0.25, 0.3) is 0 Å². The molecule has 0 bridgehead atoms. The largest absolute Gasteiger partial charge is 0.480 e. The van der Waals surface area contributed by atoms with Gasteiger partial charge in [0.1, 0.15) is 18.8 Å². The van der Waals surface area contributed by atoms with Gasteiger partial charge >= 0.3 is 12.6 Å². The molecule has 0 aliphatic heterocycles. The molecule has 0 saturated carbocycles. The number of rotatable bonds is 7. The van der Waals surface area contributed by atoms with Crippen molar-refractivity contribution in [2.75, 3.05) is 13.1 Å². The third-order valence-corrected chi connectivity index (χ3v) is 2.29. The van der Waals surface area contributed by atoms with Gasteiger partial charge in [0, 0.05) is 5.56 Å². The van der Waals surface area contributed by atoms with Gasteiger partial charge in [-0.3, -0.25) is 14.4 Å². The average Bonchev–Trinajstić information content (AvgIpc) is 2.36. The molecule has 2 amide bonds. The minimum absolute atomic E-state index is 0.0131. The molecule has 7 nitrogen and oxygen atoms in total. The van der Waals surface area contributed by atoms with Crippen molar-refractivity contribution < 1.29 is 33.0 Å². The molecule has 1 aromatic carbocycles. The molecule has 0 unspecified atom stereocenters. The highest BCUT2D eigenvalue weighted by Gasteiger charge is 2.20. The van der Waals surface area contributed by atoms with Gasteiger partial charge in [0.2, 0.25) is 5.91 Å². The summed E-state index contributed by atoms with van der Waals surface area (Å²) < 4.78 is 28.1. The number of benzene rings is 1. The van der Waals surface area contributed by atoms with Gasteiger partial charge in [-0.2, -0.15) is 8.78 Å². The topological polar surface area (TPSA) is 110 Å². The van der Waals surface area contributed by atoms with Crippen molar-refractivity contribution in [3.63, 3.8) is 0 Å². The van der Waals surface area contributed by atoms with Crippen LogP contribution in [0.15, 0.2) is 24.3 Å². The van der Waals surface area contributed by atoms with Crippen molar-refractivity contribution in [2.45, 2.75) is 6.61 Å². The Labute approximate surface area is 117 Å². The fourth-order valence-corrected chi connectivity index (χ4v) is 1.51. The van der Waals surface area contributed by atoms with E-state index in [0.29, 0.717) is 0 Å². The second-order valence-electron chi connectivity index (χ2n) is 3.92. The molecule has 1 rings (SSSR count). The Morgan fingerprint density at radius 2 is 1.76 bits per heavy atom. The predicted molar refractivity (Wildman–Crippen MR) is 65.8 cm³/mol. The lowest BCUT2D eigenvalue weighted by Gasteiger charge is -2.19. The Hall–Kier alpha value is -2.71. The molecular formula is C12H12F2N2O5. The van der Waals surface area contributed by atoms with Gasteiger partial charge in [0.05, 0.1) is 0 Å². The summed E-state index contributed by atoms with van der Waals surface area (Å²) in [6, 6.07) is 4.61. The zero-order chi connectivity index (χ0) is 16.0. The summed E-state index contributed by atoms with van der Waals surface area (Å²) in [4.78, 5) is 34.2. The number of carbonyl (C=O) groups excluding carboxylic acids is 2. The van der Waals surface area contributed by atoms with Crippen LogP contribution < -0.4 is 10.5 Å². The lowest BCUT2D eigenvalue weighted by atomic mass is 10.2. The third-order valence-electron chi connectivity index (χ3n) is 2.29. The minimum Gasteiger partial charge on any atom is -0.480 e. The van der Waals surface area contributed by atoms with Gasteiger partial charge < -0.3 is 20.5 Å². The van der Waals surface area contributed by atoms with Gasteiger partial charge in [-0.15, -0.1) is 0 Å². The molecule has 0 aliphatic carbocycles. The minimum atomic E-state index is -3.00. The van der Waals surface area contributed by atoms with E-state index in [1.807, 2.05) is 0 Å². The SMILES string of the molecule is NC(=O)CN(CC(=O)O)C(=O)c1ccc(OC(F)F)cc1. The maximum Gasteiger partial charge on any atom is 0.387 e. The van der Waals surface area contributed by atoms with Crippen LogP contribution in [0.5, 0.6) is 5.75 Å². The third kappa shape index (κ3) is 5.43. The van der Waals surface area contributed by atoms with Crippen LogP contribution in [-0.4, -0.2) is 47.5 Å². The number of alkyl halides is 2. The number of hydrogen-bond acceptors (Lipinski definition) is 4. The van der Waals surface area contributed by atoms with Crippen molar-refractivity contribution in [1.82, 2.24) is 4.90 Å². The molecular weight excluding hydrogens is 290 g/mol. The number of amides is 2. The van der Waals surface area contributed by atoms with Crippen LogP contribution in [-0.2, 0) is 9.59 Å². The van der Waals surface area contributed by atoms with Gasteiger partial charge in [0.15, 0.2) is 0 Å². The highest BCUT2D eigenvalue weighted by molar-refractivity contribution is 5.98. The standard InChI is InChI=1S/C12H12F2N2O5/c13-12(14)21-8-3-1-7(2-4-8)11(20)16(5-9(15)17)6-10(18)19/h1-4,12H,5-6H2,(H2,15,17)(H,18,19). The Morgan fingerprint density at radius 3 is 2.19 bits per heavy atom. The zero-order valence-electron chi connectivity index (χ0n) is 10.7. The molecule has 9 heteroatoms. The zero-order valence-corrected chi connectivity index (χ0v) is 10.7. The van der Waals surface area contributed by atoms with E-state index >= 15 is 0 Å². The normalized spacial score (nSPS) is 10.2. The lowest BCUT2D eigenvalue weighted by molar-refractivity contribution is -0.138. The van der Waals surface area contributed by atoms with Crippen LogP contribution in [0.4, 0.5) is 8.78 Å². The van der Waals surface area contributed by atoms with E-state index in [1.54, 1.807) is 0 Å². The van der Waals surface area contributed by atoms with Gasteiger partial charge in [-0.05, 0) is 24.3 Å². The number of halogens is 2. The van der Waals surface area contributed by atoms with E-state index < -0.39 is 37.5 Å². The van der Waals surface area contributed by atoms with Crippen LogP contribution in [0.1, 0.15) is 10.4 Å². The van der Waals surface area contributed by atoms with Crippen LogP contribution in [0, 0.1) is 0 Å². The highest BCUT2D eigenvalue weighted by Crippen LogP contribution is 2.16. The smallest absolute Gasteiger partial charge is 0.387 e. The van der Waals surface area contributed by atoms with E-state index in [2.05, 4.69) is 4.74 Å². The number of primary amides is 1. The number of ether oxygens (including phenoxy) is 1. The van der Waals surface area contributed by atoms with Crippen molar-refractivity contribution >= 4 is 17.8 Å². The highest BCUT2D eigenvalue weighted by atomic mass is 19.3. The van der Waals surface area contributed by atoms with Gasteiger partial charge in [-0.1, -0.05) is 0 Å². The van der Waals surface area contributed by atoms with E-state index in [9.17, 15) is 23.2 Å². The Morgan fingerprint density at radius 1 is 1.19 bits per heavy atom. The van der Waals surface area contributed by atoms with Crippen molar-refractivity contribution in [3.05, 3.63) is 29.8 Å². The van der Waals surface area contributed by atoms with Gasteiger partial charge in [0.25, 0.3) is 5.91 Å². The molecule has 3 N–H and O–H groups in total. The summed E-state index contributed by atoms with van der Waals surface area (Å²) in [5.41, 5.74) is 4.95. The molecule has 0 spiro atoms. The number of carbonyl (C=O) groups is 3. The molecule has 114 valence electrons. The van der Waals surface area contributed by atoms with Crippen LogP contribution >= 0.6 is 0 Å². The summed E-state index contributed by atoms with van der Waals surface area (Å²) in [7, 11) is 0. The molecule has 0 heterocycles. The molecule has 0 radical (unpaired) electrons.